The van der Waals surface area contributed by atoms with Crippen molar-refractivity contribution in [1.29, 1.82) is 0 Å². The zero-order chi connectivity index (χ0) is 23.8. The van der Waals surface area contributed by atoms with Gasteiger partial charge in [0.25, 0.3) is 5.91 Å². The van der Waals surface area contributed by atoms with Gasteiger partial charge in [0, 0.05) is 12.1 Å². The Morgan fingerprint density at radius 3 is 2.15 bits per heavy atom. The van der Waals surface area contributed by atoms with Crippen molar-refractivity contribution in [2.24, 2.45) is 0 Å². The molecule has 0 aliphatic heterocycles. The first-order valence-corrected chi connectivity index (χ1v) is 11.2. The molecule has 6 nitrogen and oxygen atoms in total. The summed E-state index contributed by atoms with van der Waals surface area (Å²) in [6.07, 6.45) is 1.13. The number of hydrogen-bond acceptors (Lipinski definition) is 4. The lowest BCUT2D eigenvalue weighted by atomic mass is 9.92. The summed E-state index contributed by atoms with van der Waals surface area (Å²) in [6, 6.07) is 22.3. The van der Waals surface area contributed by atoms with E-state index in [1.807, 2.05) is 38.1 Å². The van der Waals surface area contributed by atoms with Crippen LogP contribution < -0.4 is 16.4 Å². The summed E-state index contributed by atoms with van der Waals surface area (Å²) in [5, 5.41) is 5.60. The summed E-state index contributed by atoms with van der Waals surface area (Å²) in [5.41, 5.74) is 9.80. The molecule has 0 radical (unpaired) electrons. The zero-order valence-corrected chi connectivity index (χ0v) is 19.4. The Bertz CT molecular complexity index is 1090. The molecule has 33 heavy (non-hydrogen) atoms. The van der Waals surface area contributed by atoms with Crippen LogP contribution in [0, 0.1) is 0 Å². The number of rotatable bonds is 8. The summed E-state index contributed by atoms with van der Waals surface area (Å²) in [6.45, 7) is 6.31. The third-order valence-electron chi connectivity index (χ3n) is 5.83. The lowest BCUT2D eigenvalue weighted by Crippen LogP contribution is -2.34. The number of carbonyl (C=O) groups is 2. The normalized spacial score (nSPS) is 12.5. The first kappa shape index (κ1) is 23.9. The molecule has 3 rings (SSSR count). The predicted octanol–water partition coefficient (Wildman–Crippen LogP) is 5.64. The fraction of sp³-hybridized carbons (Fsp3) is 0.259. The summed E-state index contributed by atoms with van der Waals surface area (Å²) >= 11 is 0. The molecule has 2 amide bonds. The Hall–Kier alpha value is -3.80. The van der Waals surface area contributed by atoms with Gasteiger partial charge in [-0.25, -0.2) is 4.79 Å². The third kappa shape index (κ3) is 6.13. The Balaban J connectivity index is 1.56. The van der Waals surface area contributed by atoms with E-state index in [2.05, 4.69) is 29.7 Å². The number of benzene rings is 3. The summed E-state index contributed by atoms with van der Waals surface area (Å²) < 4.78 is 5.78. The van der Waals surface area contributed by atoms with Crippen molar-refractivity contribution in [3.8, 4) is 0 Å². The van der Waals surface area contributed by atoms with E-state index < -0.39 is 11.7 Å². The van der Waals surface area contributed by atoms with Crippen LogP contribution in [0.5, 0.6) is 0 Å². The number of carbonyl (C=O) groups excluding carboxylic acids is 2. The highest BCUT2D eigenvalue weighted by atomic mass is 16.6. The molecule has 0 aromatic heterocycles. The maximum Gasteiger partial charge on any atom is 0.408 e. The summed E-state index contributed by atoms with van der Waals surface area (Å²) in [4.78, 5) is 24.9. The van der Waals surface area contributed by atoms with Gasteiger partial charge in [-0.3, -0.25) is 4.79 Å². The predicted molar refractivity (Wildman–Crippen MR) is 132 cm³/mol. The van der Waals surface area contributed by atoms with Crippen LogP contribution in [0.1, 0.15) is 54.2 Å². The van der Waals surface area contributed by atoms with E-state index >= 15 is 0 Å². The van der Waals surface area contributed by atoms with Gasteiger partial charge in [-0.05, 0) is 60.7 Å². The van der Waals surface area contributed by atoms with Gasteiger partial charge < -0.3 is 21.1 Å². The second-order valence-electron chi connectivity index (χ2n) is 8.12. The van der Waals surface area contributed by atoms with Crippen LogP contribution in [0.15, 0.2) is 72.8 Å². The topological polar surface area (TPSA) is 93.4 Å². The monoisotopic (exact) mass is 445 g/mol. The molecule has 0 aliphatic rings. The molecular weight excluding hydrogens is 414 g/mol. The van der Waals surface area contributed by atoms with Gasteiger partial charge >= 0.3 is 6.09 Å². The number of anilines is 2. The summed E-state index contributed by atoms with van der Waals surface area (Å²) in [7, 11) is 0. The smallest absolute Gasteiger partial charge is 0.408 e. The van der Waals surface area contributed by atoms with Crippen LogP contribution in [0.3, 0.4) is 0 Å². The average molecular weight is 446 g/mol. The van der Waals surface area contributed by atoms with Crippen LogP contribution >= 0.6 is 0 Å². The Morgan fingerprint density at radius 2 is 1.55 bits per heavy atom. The van der Waals surface area contributed by atoms with E-state index in [9.17, 15) is 9.59 Å². The van der Waals surface area contributed by atoms with Crippen LogP contribution in [0.2, 0.25) is 0 Å². The maximum atomic E-state index is 12.5. The van der Waals surface area contributed by atoms with Gasteiger partial charge in [-0.1, -0.05) is 62.4 Å². The second-order valence-corrected chi connectivity index (χ2v) is 8.12. The molecular formula is C27H31N3O3. The highest BCUT2D eigenvalue weighted by molar-refractivity contribution is 6.05. The molecule has 0 bridgehead atoms. The molecule has 1 atom stereocenters. The van der Waals surface area contributed by atoms with E-state index in [0.717, 1.165) is 17.5 Å². The minimum absolute atomic E-state index is 0.250. The van der Waals surface area contributed by atoms with E-state index in [1.165, 1.54) is 5.56 Å². The maximum absolute atomic E-state index is 12.5. The molecule has 4 N–H and O–H groups in total. The number of aryl methyl sites for hydroxylation is 1. The van der Waals surface area contributed by atoms with Crippen molar-refractivity contribution >= 4 is 23.4 Å². The summed E-state index contributed by atoms with van der Waals surface area (Å²) in [5.74, 6) is -0.250. The molecule has 3 aromatic carbocycles. The van der Waals surface area contributed by atoms with Gasteiger partial charge in [0.1, 0.15) is 5.60 Å². The molecule has 0 spiro atoms. The fourth-order valence-electron chi connectivity index (χ4n) is 3.42. The van der Waals surface area contributed by atoms with Crippen molar-refractivity contribution in [2.45, 2.75) is 45.8 Å². The Labute approximate surface area is 195 Å². The number of amides is 2. The molecule has 0 aliphatic carbocycles. The number of nitrogens with two attached hydrogens (primary N) is 1. The van der Waals surface area contributed by atoms with Gasteiger partial charge in [0.2, 0.25) is 0 Å². The van der Waals surface area contributed by atoms with Crippen LogP contribution in [0.25, 0.3) is 0 Å². The first-order valence-electron chi connectivity index (χ1n) is 11.2. The number of alkyl carbamates (subject to hydrolysis) is 1. The number of para-hydroxylation sites is 2. The highest BCUT2D eigenvalue weighted by Crippen LogP contribution is 2.29. The van der Waals surface area contributed by atoms with Crippen molar-refractivity contribution in [1.82, 2.24) is 5.32 Å². The Kier molecular flexibility index (Phi) is 7.72. The number of nitrogen functional groups attached to an aromatic ring is 1. The van der Waals surface area contributed by atoms with E-state index in [0.29, 0.717) is 29.9 Å². The average Bonchev–Trinajstić information content (AvgIpc) is 2.84. The van der Waals surface area contributed by atoms with Crippen LogP contribution in [-0.4, -0.2) is 12.0 Å². The lowest BCUT2D eigenvalue weighted by molar-refractivity contribution is 0.0185. The SMILES string of the molecule is CCc1ccc([C@](C)(CC)OC(=O)NCc2ccc(C(=O)Nc3ccccc3N)cc2)cc1. The quantitative estimate of drug-likeness (QED) is 0.392. The largest absolute Gasteiger partial charge is 0.438 e. The molecule has 0 saturated carbocycles. The van der Waals surface area contributed by atoms with Crippen molar-refractivity contribution in [3.63, 3.8) is 0 Å². The number of hydrogen-bond donors (Lipinski definition) is 3. The van der Waals surface area contributed by atoms with Gasteiger partial charge in [0.05, 0.1) is 11.4 Å². The van der Waals surface area contributed by atoms with Crippen LogP contribution in [-0.2, 0) is 23.3 Å². The second kappa shape index (κ2) is 10.7. The highest BCUT2D eigenvalue weighted by Gasteiger charge is 2.29. The molecule has 0 heterocycles. The lowest BCUT2D eigenvalue weighted by Gasteiger charge is -2.29. The standard InChI is InChI=1S/C27H31N3O3/c1-4-19-12-16-22(17-13-19)27(3,5-2)33-26(32)29-18-20-10-14-21(15-11-20)25(31)30-24-9-7-6-8-23(24)28/h6-17H,4-5,18,28H2,1-3H3,(H,29,32)(H,30,31)/t27-/m0/s1. The van der Waals surface area contributed by atoms with E-state index in [4.69, 9.17) is 10.5 Å². The minimum Gasteiger partial charge on any atom is -0.438 e. The minimum atomic E-state index is -0.711. The van der Waals surface area contributed by atoms with Crippen LogP contribution in [0.4, 0.5) is 16.2 Å². The van der Waals surface area contributed by atoms with Gasteiger partial charge in [-0.15, -0.1) is 0 Å². The number of nitrogens with one attached hydrogen (secondary N) is 2. The molecule has 0 saturated heterocycles. The molecule has 0 unspecified atom stereocenters. The molecule has 172 valence electrons. The zero-order valence-electron chi connectivity index (χ0n) is 19.4. The Morgan fingerprint density at radius 1 is 0.909 bits per heavy atom. The molecule has 6 heteroatoms. The van der Waals surface area contributed by atoms with Crippen molar-refractivity contribution in [2.75, 3.05) is 11.1 Å². The van der Waals surface area contributed by atoms with Gasteiger partial charge in [0.15, 0.2) is 0 Å². The van der Waals surface area contributed by atoms with E-state index in [1.54, 1.807) is 36.4 Å². The van der Waals surface area contributed by atoms with Gasteiger partial charge in [-0.2, -0.15) is 0 Å². The third-order valence-corrected chi connectivity index (χ3v) is 5.83. The van der Waals surface area contributed by atoms with Crippen molar-refractivity contribution < 1.29 is 14.3 Å². The number of ether oxygens (including phenoxy) is 1. The first-order chi connectivity index (χ1) is 15.8. The molecule has 0 fully saturated rings. The van der Waals surface area contributed by atoms with E-state index in [-0.39, 0.29) is 5.91 Å². The molecule has 3 aromatic rings. The van der Waals surface area contributed by atoms with Crippen molar-refractivity contribution in [3.05, 3.63) is 95.1 Å². The fourth-order valence-corrected chi connectivity index (χ4v) is 3.42.